The van der Waals surface area contributed by atoms with Crippen LogP contribution in [-0.2, 0) is 16.0 Å². The van der Waals surface area contributed by atoms with E-state index < -0.39 is 5.97 Å². The molecule has 1 aliphatic heterocycles. The molecule has 2 heterocycles. The van der Waals surface area contributed by atoms with Gasteiger partial charge in [0.15, 0.2) is 5.13 Å². The van der Waals surface area contributed by atoms with Gasteiger partial charge in [-0.1, -0.05) is 41.7 Å². The van der Waals surface area contributed by atoms with Crippen LogP contribution < -0.4 is 5.32 Å². The van der Waals surface area contributed by atoms with Gasteiger partial charge in [-0.05, 0) is 50.8 Å². The molecule has 1 amide bonds. The summed E-state index contributed by atoms with van der Waals surface area (Å²) in [7, 11) is 0. The quantitative estimate of drug-likeness (QED) is 0.739. The maximum Gasteiger partial charge on any atom is 0.350 e. The zero-order valence-electron chi connectivity index (χ0n) is 15.5. The molecule has 1 N–H and O–H groups in total. The number of likely N-dealkylation sites (tertiary alicyclic amines) is 1. The molecule has 144 valence electrons. The molecule has 0 unspecified atom stereocenters. The number of thiazole rings is 1. The number of esters is 1. The Labute approximate surface area is 163 Å². The van der Waals surface area contributed by atoms with Gasteiger partial charge in [0.25, 0.3) is 0 Å². The van der Waals surface area contributed by atoms with Crippen molar-refractivity contribution in [2.45, 2.75) is 26.2 Å². The zero-order chi connectivity index (χ0) is 19.1. The first-order chi connectivity index (χ1) is 13.1. The maximum atomic E-state index is 12.3. The summed E-state index contributed by atoms with van der Waals surface area (Å²) in [6.45, 7) is 4.28. The minimum Gasteiger partial charge on any atom is -0.462 e. The van der Waals surface area contributed by atoms with Gasteiger partial charge in [0.2, 0.25) is 5.91 Å². The van der Waals surface area contributed by atoms with Crippen molar-refractivity contribution in [2.24, 2.45) is 5.92 Å². The van der Waals surface area contributed by atoms with Gasteiger partial charge in [-0.3, -0.25) is 9.69 Å². The van der Waals surface area contributed by atoms with Crippen LogP contribution in [0.15, 0.2) is 36.5 Å². The Morgan fingerprint density at radius 2 is 2.00 bits per heavy atom. The monoisotopic (exact) mass is 387 g/mol. The average Bonchev–Trinajstić information content (AvgIpc) is 3.13. The molecule has 7 heteroatoms. The van der Waals surface area contributed by atoms with Crippen LogP contribution in [-0.4, -0.2) is 48.0 Å². The molecule has 2 aromatic rings. The second-order valence-electron chi connectivity index (χ2n) is 6.71. The molecular formula is C20H25N3O3S. The number of anilines is 1. The molecule has 0 spiro atoms. The summed E-state index contributed by atoms with van der Waals surface area (Å²) in [5.74, 6) is 0.176. The van der Waals surface area contributed by atoms with Crippen molar-refractivity contribution in [3.05, 3.63) is 47.0 Å². The number of ether oxygens (including phenoxy) is 1. The second kappa shape index (κ2) is 9.62. The van der Waals surface area contributed by atoms with Crippen molar-refractivity contribution < 1.29 is 14.3 Å². The summed E-state index contributed by atoms with van der Waals surface area (Å²) in [6.07, 6.45) is 4.75. The molecule has 3 rings (SSSR count). The van der Waals surface area contributed by atoms with Gasteiger partial charge in [-0.2, -0.15) is 0 Å². The number of amides is 1. The number of carbonyl (C=O) groups is 2. The first-order valence-electron chi connectivity index (χ1n) is 9.33. The minimum atomic E-state index is -0.406. The van der Waals surface area contributed by atoms with Crippen molar-refractivity contribution in [2.75, 3.05) is 31.6 Å². The van der Waals surface area contributed by atoms with E-state index >= 15 is 0 Å². The van der Waals surface area contributed by atoms with Crippen molar-refractivity contribution >= 4 is 28.3 Å². The fourth-order valence-corrected chi connectivity index (χ4v) is 4.01. The molecule has 0 saturated carbocycles. The van der Waals surface area contributed by atoms with Crippen LogP contribution in [0, 0.1) is 5.92 Å². The summed E-state index contributed by atoms with van der Waals surface area (Å²) in [6, 6.07) is 10.6. The Morgan fingerprint density at radius 1 is 1.26 bits per heavy atom. The summed E-state index contributed by atoms with van der Waals surface area (Å²) in [5.41, 5.74) is 1.38. The lowest BCUT2D eigenvalue weighted by molar-refractivity contribution is -0.117. The molecule has 0 atom stereocenters. The van der Waals surface area contributed by atoms with Crippen molar-refractivity contribution in [1.82, 2.24) is 9.88 Å². The van der Waals surface area contributed by atoms with Crippen LogP contribution in [0.3, 0.4) is 0 Å². The van der Waals surface area contributed by atoms with E-state index in [0.29, 0.717) is 29.1 Å². The molecule has 1 aromatic heterocycles. The topological polar surface area (TPSA) is 71.5 Å². The third-order valence-corrected chi connectivity index (χ3v) is 5.56. The Hall–Kier alpha value is -2.25. The highest BCUT2D eigenvalue weighted by Gasteiger charge is 2.21. The number of nitrogens with zero attached hydrogens (tertiary/aromatic N) is 2. The van der Waals surface area contributed by atoms with E-state index in [1.165, 1.54) is 11.8 Å². The lowest BCUT2D eigenvalue weighted by Gasteiger charge is -2.31. The van der Waals surface area contributed by atoms with E-state index in [9.17, 15) is 9.59 Å². The Balaban J connectivity index is 1.41. The highest BCUT2D eigenvalue weighted by atomic mass is 32.1. The third-order valence-electron chi connectivity index (χ3n) is 4.67. The van der Waals surface area contributed by atoms with E-state index in [0.717, 1.165) is 43.7 Å². The Bertz CT molecular complexity index is 755. The number of nitrogens with one attached hydrogen (secondary N) is 1. The molecule has 27 heavy (non-hydrogen) atoms. The first-order valence-corrected chi connectivity index (χ1v) is 10.1. The number of hydrogen-bond acceptors (Lipinski definition) is 6. The Morgan fingerprint density at radius 3 is 2.70 bits per heavy atom. The van der Waals surface area contributed by atoms with Crippen LogP contribution in [0.5, 0.6) is 0 Å². The van der Waals surface area contributed by atoms with Crippen LogP contribution in [0.25, 0.3) is 0 Å². The highest BCUT2D eigenvalue weighted by Crippen LogP contribution is 2.22. The van der Waals surface area contributed by atoms with Crippen LogP contribution >= 0.6 is 11.3 Å². The lowest BCUT2D eigenvalue weighted by Crippen LogP contribution is -2.39. The molecule has 0 aliphatic carbocycles. The molecular weight excluding hydrogens is 362 g/mol. The van der Waals surface area contributed by atoms with Gasteiger partial charge in [0.1, 0.15) is 4.88 Å². The largest absolute Gasteiger partial charge is 0.462 e. The maximum absolute atomic E-state index is 12.3. The predicted molar refractivity (Wildman–Crippen MR) is 106 cm³/mol. The predicted octanol–water partition coefficient (Wildman–Crippen LogP) is 3.21. The molecule has 6 nitrogen and oxygen atoms in total. The molecule has 0 radical (unpaired) electrons. The summed E-state index contributed by atoms with van der Waals surface area (Å²) < 4.78 is 4.93. The Kier molecular flexibility index (Phi) is 6.95. The smallest absolute Gasteiger partial charge is 0.350 e. The summed E-state index contributed by atoms with van der Waals surface area (Å²) in [4.78, 5) is 30.6. The van der Waals surface area contributed by atoms with Gasteiger partial charge >= 0.3 is 5.97 Å². The normalized spacial score (nSPS) is 15.4. The molecule has 0 bridgehead atoms. The van der Waals surface area contributed by atoms with E-state index in [2.05, 4.69) is 39.5 Å². The number of piperidine rings is 1. The lowest BCUT2D eigenvalue weighted by atomic mass is 9.90. The molecule has 1 saturated heterocycles. The number of aromatic nitrogens is 1. The number of carbonyl (C=O) groups excluding carboxylic acids is 2. The zero-order valence-corrected chi connectivity index (χ0v) is 16.3. The third kappa shape index (κ3) is 5.87. The standard InChI is InChI=1S/C20H25N3O3S/c1-2-26-19(25)17-13-21-20(27-17)22-18(24)14-23-10-8-16(9-11-23)12-15-6-4-3-5-7-15/h3-7,13,16H,2,8-12,14H2,1H3,(H,21,22,24). The summed E-state index contributed by atoms with van der Waals surface area (Å²) >= 11 is 1.14. The number of rotatable bonds is 7. The van der Waals surface area contributed by atoms with E-state index in [1.54, 1.807) is 6.92 Å². The second-order valence-corrected chi connectivity index (χ2v) is 7.74. The van der Waals surface area contributed by atoms with Crippen molar-refractivity contribution in [3.63, 3.8) is 0 Å². The van der Waals surface area contributed by atoms with Crippen molar-refractivity contribution in [3.8, 4) is 0 Å². The van der Waals surface area contributed by atoms with E-state index in [4.69, 9.17) is 4.74 Å². The number of benzene rings is 1. The fourth-order valence-electron chi connectivity index (χ4n) is 3.29. The molecule has 1 aromatic carbocycles. The van der Waals surface area contributed by atoms with Gasteiger partial charge in [0, 0.05) is 0 Å². The molecule has 1 aliphatic rings. The van der Waals surface area contributed by atoms with Crippen LogP contribution in [0.4, 0.5) is 5.13 Å². The van der Waals surface area contributed by atoms with Gasteiger partial charge in [0.05, 0.1) is 19.3 Å². The minimum absolute atomic E-state index is 0.0960. The summed E-state index contributed by atoms with van der Waals surface area (Å²) in [5, 5.41) is 3.21. The average molecular weight is 388 g/mol. The van der Waals surface area contributed by atoms with Gasteiger partial charge < -0.3 is 10.1 Å². The van der Waals surface area contributed by atoms with E-state index in [1.807, 2.05) is 6.07 Å². The fraction of sp³-hybridized carbons (Fsp3) is 0.450. The highest BCUT2D eigenvalue weighted by molar-refractivity contribution is 7.17. The van der Waals surface area contributed by atoms with Gasteiger partial charge in [-0.25, -0.2) is 9.78 Å². The first kappa shape index (κ1) is 19.5. The van der Waals surface area contributed by atoms with Crippen LogP contribution in [0.2, 0.25) is 0 Å². The molecule has 1 fully saturated rings. The van der Waals surface area contributed by atoms with Crippen LogP contribution in [0.1, 0.15) is 35.0 Å². The van der Waals surface area contributed by atoms with Crippen molar-refractivity contribution in [1.29, 1.82) is 0 Å². The van der Waals surface area contributed by atoms with Gasteiger partial charge in [-0.15, -0.1) is 0 Å². The van der Waals surface area contributed by atoms with E-state index in [-0.39, 0.29) is 5.91 Å². The SMILES string of the molecule is CCOC(=O)c1cnc(NC(=O)CN2CCC(Cc3ccccc3)CC2)s1. The number of hydrogen-bond donors (Lipinski definition) is 1.